The van der Waals surface area contributed by atoms with E-state index in [4.69, 9.17) is 5.73 Å². The predicted molar refractivity (Wildman–Crippen MR) is 85.0 cm³/mol. The van der Waals surface area contributed by atoms with Crippen LogP contribution in [-0.4, -0.2) is 49.2 Å². The highest BCUT2D eigenvalue weighted by Crippen LogP contribution is 2.27. The van der Waals surface area contributed by atoms with Crippen molar-refractivity contribution in [3.8, 4) is 0 Å². The molecule has 1 fully saturated rings. The van der Waals surface area contributed by atoms with E-state index in [1.165, 1.54) is 12.8 Å². The number of piperazine rings is 1. The zero-order valence-corrected chi connectivity index (χ0v) is 12.9. The molecule has 20 heavy (non-hydrogen) atoms. The Bertz CT molecular complexity index is 372. The first-order valence-corrected chi connectivity index (χ1v) is 7.81. The third-order valence-electron chi connectivity index (χ3n) is 4.84. The molecule has 0 spiro atoms. The lowest BCUT2D eigenvalue weighted by molar-refractivity contribution is 0.137. The molecule has 0 aliphatic carbocycles. The molecule has 4 heteroatoms. The molecule has 2 heterocycles. The standard InChI is InChI=1S/C16H28N4/c1-3-16(4-2,13-17)14-19-9-11-20(12-10-19)15-7-5-6-8-18-15/h5-8H,3-4,9-14,17H2,1-2H3. The third kappa shape index (κ3) is 3.49. The maximum absolute atomic E-state index is 6.02. The minimum atomic E-state index is 0.299. The summed E-state index contributed by atoms with van der Waals surface area (Å²) in [6.07, 6.45) is 4.20. The van der Waals surface area contributed by atoms with Crippen LogP contribution in [0.15, 0.2) is 24.4 Å². The van der Waals surface area contributed by atoms with Crippen LogP contribution in [0.3, 0.4) is 0 Å². The molecule has 0 saturated carbocycles. The van der Waals surface area contributed by atoms with Gasteiger partial charge in [0.25, 0.3) is 0 Å². The monoisotopic (exact) mass is 276 g/mol. The minimum Gasteiger partial charge on any atom is -0.354 e. The number of hydrogen-bond donors (Lipinski definition) is 1. The lowest BCUT2D eigenvalue weighted by Gasteiger charge is -2.41. The summed E-state index contributed by atoms with van der Waals surface area (Å²) in [6.45, 7) is 10.8. The van der Waals surface area contributed by atoms with Crippen LogP contribution in [0.1, 0.15) is 26.7 Å². The Morgan fingerprint density at radius 1 is 1.15 bits per heavy atom. The topological polar surface area (TPSA) is 45.4 Å². The highest BCUT2D eigenvalue weighted by Gasteiger charge is 2.29. The number of pyridine rings is 1. The fourth-order valence-electron chi connectivity index (χ4n) is 2.98. The summed E-state index contributed by atoms with van der Waals surface area (Å²) < 4.78 is 0. The molecular formula is C16H28N4. The van der Waals surface area contributed by atoms with Gasteiger partial charge in [-0.05, 0) is 36.9 Å². The van der Waals surface area contributed by atoms with Gasteiger partial charge in [0.05, 0.1) is 0 Å². The second-order valence-corrected chi connectivity index (χ2v) is 5.86. The molecule has 0 amide bonds. The molecule has 1 saturated heterocycles. The maximum Gasteiger partial charge on any atom is 0.128 e. The van der Waals surface area contributed by atoms with Crippen LogP contribution in [0.25, 0.3) is 0 Å². The molecule has 2 N–H and O–H groups in total. The molecule has 112 valence electrons. The van der Waals surface area contributed by atoms with Crippen molar-refractivity contribution >= 4 is 5.82 Å². The first-order valence-electron chi connectivity index (χ1n) is 7.81. The van der Waals surface area contributed by atoms with Crippen molar-refractivity contribution in [1.82, 2.24) is 9.88 Å². The second kappa shape index (κ2) is 7.04. The normalized spacial score (nSPS) is 17.4. The lowest BCUT2D eigenvalue weighted by Crippen LogP contribution is -2.51. The number of anilines is 1. The molecular weight excluding hydrogens is 248 g/mol. The minimum absolute atomic E-state index is 0.299. The predicted octanol–water partition coefficient (Wildman–Crippen LogP) is 1.97. The van der Waals surface area contributed by atoms with Gasteiger partial charge < -0.3 is 10.6 Å². The van der Waals surface area contributed by atoms with Crippen LogP contribution in [0.4, 0.5) is 5.82 Å². The first-order chi connectivity index (χ1) is 9.73. The van der Waals surface area contributed by atoms with Crippen LogP contribution in [0.2, 0.25) is 0 Å². The Kier molecular flexibility index (Phi) is 5.38. The van der Waals surface area contributed by atoms with Crippen molar-refractivity contribution in [1.29, 1.82) is 0 Å². The molecule has 1 aliphatic rings. The summed E-state index contributed by atoms with van der Waals surface area (Å²) >= 11 is 0. The number of hydrogen-bond acceptors (Lipinski definition) is 4. The molecule has 0 atom stereocenters. The Hall–Kier alpha value is -1.13. The van der Waals surface area contributed by atoms with Gasteiger partial charge in [0.15, 0.2) is 0 Å². The average Bonchev–Trinajstić information content (AvgIpc) is 2.54. The van der Waals surface area contributed by atoms with Gasteiger partial charge >= 0.3 is 0 Å². The smallest absolute Gasteiger partial charge is 0.128 e. The van der Waals surface area contributed by atoms with Gasteiger partial charge in [-0.15, -0.1) is 0 Å². The average molecular weight is 276 g/mol. The molecule has 4 nitrogen and oxygen atoms in total. The van der Waals surface area contributed by atoms with Gasteiger partial charge in [-0.25, -0.2) is 4.98 Å². The van der Waals surface area contributed by atoms with Gasteiger partial charge in [-0.2, -0.15) is 0 Å². The summed E-state index contributed by atoms with van der Waals surface area (Å²) in [5.41, 5.74) is 6.32. The van der Waals surface area contributed by atoms with E-state index in [9.17, 15) is 0 Å². The fraction of sp³-hybridized carbons (Fsp3) is 0.688. The number of nitrogens with two attached hydrogens (primary N) is 1. The summed E-state index contributed by atoms with van der Waals surface area (Å²) in [5, 5.41) is 0. The SMILES string of the molecule is CCC(CC)(CN)CN1CCN(c2ccccn2)CC1. The fourth-order valence-corrected chi connectivity index (χ4v) is 2.98. The summed E-state index contributed by atoms with van der Waals surface area (Å²) in [5.74, 6) is 1.10. The van der Waals surface area contributed by atoms with Gasteiger partial charge in [-0.3, -0.25) is 4.90 Å². The highest BCUT2D eigenvalue weighted by molar-refractivity contribution is 5.38. The van der Waals surface area contributed by atoms with Gasteiger partial charge in [0.2, 0.25) is 0 Å². The van der Waals surface area contributed by atoms with Crippen molar-refractivity contribution < 1.29 is 0 Å². The molecule has 1 aliphatic heterocycles. The van der Waals surface area contributed by atoms with Crippen molar-refractivity contribution in [2.24, 2.45) is 11.1 Å². The van der Waals surface area contributed by atoms with Crippen molar-refractivity contribution in [2.45, 2.75) is 26.7 Å². The molecule has 1 aromatic heterocycles. The molecule has 0 bridgehead atoms. The summed E-state index contributed by atoms with van der Waals surface area (Å²) in [7, 11) is 0. The molecule has 0 unspecified atom stereocenters. The zero-order chi connectivity index (χ0) is 14.4. The molecule has 0 aromatic carbocycles. The van der Waals surface area contributed by atoms with Gasteiger partial charge in [0, 0.05) is 38.9 Å². The summed E-state index contributed by atoms with van der Waals surface area (Å²) in [4.78, 5) is 9.38. The van der Waals surface area contributed by atoms with Gasteiger partial charge in [-0.1, -0.05) is 19.9 Å². The van der Waals surface area contributed by atoms with E-state index in [-0.39, 0.29) is 0 Å². The number of nitrogens with zero attached hydrogens (tertiary/aromatic N) is 3. The summed E-state index contributed by atoms with van der Waals surface area (Å²) in [6, 6.07) is 6.12. The number of rotatable bonds is 6. The Labute approximate surface area is 123 Å². The van der Waals surface area contributed by atoms with Crippen molar-refractivity contribution in [3.63, 3.8) is 0 Å². The van der Waals surface area contributed by atoms with E-state index in [0.29, 0.717) is 5.41 Å². The maximum atomic E-state index is 6.02. The van der Waals surface area contributed by atoms with Crippen LogP contribution in [-0.2, 0) is 0 Å². The van der Waals surface area contributed by atoms with Crippen molar-refractivity contribution in [3.05, 3.63) is 24.4 Å². The molecule has 2 rings (SSSR count). The zero-order valence-electron chi connectivity index (χ0n) is 12.9. The van der Waals surface area contributed by atoms with E-state index >= 15 is 0 Å². The van der Waals surface area contributed by atoms with Crippen LogP contribution in [0, 0.1) is 5.41 Å². The number of aromatic nitrogens is 1. The van der Waals surface area contributed by atoms with E-state index in [1.807, 2.05) is 12.3 Å². The highest BCUT2D eigenvalue weighted by atomic mass is 15.3. The largest absolute Gasteiger partial charge is 0.354 e. The Morgan fingerprint density at radius 2 is 1.85 bits per heavy atom. The quantitative estimate of drug-likeness (QED) is 0.863. The van der Waals surface area contributed by atoms with Crippen LogP contribution in [0.5, 0.6) is 0 Å². The van der Waals surface area contributed by atoms with Crippen LogP contribution >= 0.6 is 0 Å². The van der Waals surface area contributed by atoms with Crippen molar-refractivity contribution in [2.75, 3.05) is 44.2 Å². The first kappa shape index (κ1) is 15.3. The Balaban J connectivity index is 1.88. The van der Waals surface area contributed by atoms with E-state index < -0.39 is 0 Å². The molecule has 1 aromatic rings. The third-order valence-corrected chi connectivity index (χ3v) is 4.84. The van der Waals surface area contributed by atoms with Gasteiger partial charge in [0.1, 0.15) is 5.82 Å². The lowest BCUT2D eigenvalue weighted by atomic mass is 9.82. The second-order valence-electron chi connectivity index (χ2n) is 5.86. The van der Waals surface area contributed by atoms with E-state index in [0.717, 1.165) is 45.1 Å². The van der Waals surface area contributed by atoms with Crippen LogP contribution < -0.4 is 10.6 Å². The Morgan fingerprint density at radius 3 is 2.35 bits per heavy atom. The van der Waals surface area contributed by atoms with E-state index in [1.54, 1.807) is 0 Å². The molecule has 0 radical (unpaired) electrons. The van der Waals surface area contributed by atoms with E-state index in [2.05, 4.69) is 40.8 Å².